The molecule has 1 fully saturated rings. The third kappa shape index (κ3) is 3.99. The maximum Gasteiger partial charge on any atom is 0.185 e. The molecule has 0 saturated carbocycles. The SMILES string of the molecule is CC/C=C(\OC(C)(C)C)N1CC(c2ccc(C)c(F)c2)C1. The summed E-state index contributed by atoms with van der Waals surface area (Å²) >= 11 is 0. The molecule has 21 heavy (non-hydrogen) atoms. The highest BCUT2D eigenvalue weighted by atomic mass is 19.1. The Balaban J connectivity index is 2.01. The van der Waals surface area contributed by atoms with Crippen LogP contribution >= 0.6 is 0 Å². The van der Waals surface area contributed by atoms with Gasteiger partial charge in [-0.2, -0.15) is 0 Å². The molecule has 2 rings (SSSR count). The summed E-state index contributed by atoms with van der Waals surface area (Å²) in [5.41, 5.74) is 1.60. The van der Waals surface area contributed by atoms with Gasteiger partial charge in [-0.05, 0) is 57.4 Å². The molecule has 3 heteroatoms. The zero-order valence-electron chi connectivity index (χ0n) is 13.7. The molecule has 0 N–H and O–H groups in total. The van der Waals surface area contributed by atoms with E-state index in [1.807, 2.05) is 12.1 Å². The molecule has 1 aliphatic heterocycles. The van der Waals surface area contributed by atoms with E-state index in [2.05, 4.69) is 38.7 Å². The second kappa shape index (κ2) is 6.08. The van der Waals surface area contributed by atoms with E-state index in [-0.39, 0.29) is 11.4 Å². The standard InChI is InChI=1S/C18H26FNO/c1-6-7-17(21-18(3,4)5)20-11-15(12-20)14-9-8-13(2)16(19)10-14/h7-10,15H,6,11-12H2,1-5H3/b17-7-. The molecule has 1 heterocycles. The predicted octanol–water partition coefficient (Wildman–Crippen LogP) is 4.60. The highest BCUT2D eigenvalue weighted by Crippen LogP contribution is 2.32. The maximum absolute atomic E-state index is 13.6. The van der Waals surface area contributed by atoms with Crippen molar-refractivity contribution in [3.8, 4) is 0 Å². The van der Waals surface area contributed by atoms with Crippen molar-refractivity contribution in [3.05, 3.63) is 47.1 Å². The Bertz CT molecular complexity index is 525. The van der Waals surface area contributed by atoms with Gasteiger partial charge in [0.15, 0.2) is 5.88 Å². The molecule has 0 spiro atoms. The van der Waals surface area contributed by atoms with Crippen LogP contribution in [0.25, 0.3) is 0 Å². The summed E-state index contributed by atoms with van der Waals surface area (Å²) in [5.74, 6) is 1.24. The first-order valence-electron chi connectivity index (χ1n) is 7.70. The average molecular weight is 291 g/mol. The minimum absolute atomic E-state index is 0.110. The third-order valence-electron chi connectivity index (χ3n) is 3.65. The van der Waals surface area contributed by atoms with E-state index >= 15 is 0 Å². The normalized spacial score (nSPS) is 16.9. The molecular formula is C18H26FNO. The van der Waals surface area contributed by atoms with Crippen molar-refractivity contribution in [1.82, 2.24) is 4.90 Å². The van der Waals surface area contributed by atoms with Gasteiger partial charge in [-0.25, -0.2) is 4.39 Å². The van der Waals surface area contributed by atoms with Crippen LogP contribution in [0.1, 0.15) is 51.2 Å². The van der Waals surface area contributed by atoms with E-state index in [4.69, 9.17) is 4.74 Å². The molecule has 0 atom stereocenters. The number of aryl methyl sites for hydroxylation is 1. The zero-order chi connectivity index (χ0) is 15.6. The second-order valence-electron chi connectivity index (χ2n) is 6.78. The molecule has 1 saturated heterocycles. The maximum atomic E-state index is 13.6. The molecule has 0 amide bonds. The Morgan fingerprint density at radius 1 is 1.38 bits per heavy atom. The van der Waals surface area contributed by atoms with Gasteiger partial charge < -0.3 is 9.64 Å². The van der Waals surface area contributed by atoms with Crippen LogP contribution in [-0.2, 0) is 4.74 Å². The van der Waals surface area contributed by atoms with Gasteiger partial charge in [0.2, 0.25) is 0 Å². The topological polar surface area (TPSA) is 12.5 Å². The Labute approximate surface area is 127 Å². The summed E-state index contributed by atoms with van der Waals surface area (Å²) < 4.78 is 19.7. The number of hydrogen-bond acceptors (Lipinski definition) is 2. The van der Waals surface area contributed by atoms with Crippen LogP contribution in [0.3, 0.4) is 0 Å². The predicted molar refractivity (Wildman–Crippen MR) is 84.7 cm³/mol. The van der Waals surface area contributed by atoms with Crippen molar-refractivity contribution < 1.29 is 9.13 Å². The van der Waals surface area contributed by atoms with Gasteiger partial charge in [-0.15, -0.1) is 0 Å². The molecule has 0 bridgehead atoms. The van der Waals surface area contributed by atoms with Crippen molar-refractivity contribution in [1.29, 1.82) is 0 Å². The van der Waals surface area contributed by atoms with Crippen molar-refractivity contribution in [2.24, 2.45) is 0 Å². The van der Waals surface area contributed by atoms with E-state index in [9.17, 15) is 4.39 Å². The summed E-state index contributed by atoms with van der Waals surface area (Å²) in [6, 6.07) is 5.57. The van der Waals surface area contributed by atoms with Gasteiger partial charge in [-0.3, -0.25) is 0 Å². The fraction of sp³-hybridized carbons (Fsp3) is 0.556. The number of benzene rings is 1. The van der Waals surface area contributed by atoms with Crippen LogP contribution in [0.15, 0.2) is 30.2 Å². The fourth-order valence-electron chi connectivity index (χ4n) is 2.46. The number of ether oxygens (including phenoxy) is 1. The first kappa shape index (κ1) is 15.9. The number of likely N-dealkylation sites (tertiary alicyclic amines) is 1. The molecule has 1 aromatic carbocycles. The first-order valence-corrected chi connectivity index (χ1v) is 7.70. The Hall–Kier alpha value is -1.51. The van der Waals surface area contributed by atoms with Crippen molar-refractivity contribution in [3.63, 3.8) is 0 Å². The highest BCUT2D eigenvalue weighted by Gasteiger charge is 2.32. The molecule has 1 aliphatic rings. The van der Waals surface area contributed by atoms with Crippen LogP contribution in [0, 0.1) is 12.7 Å². The van der Waals surface area contributed by atoms with Crippen LogP contribution in [-0.4, -0.2) is 23.6 Å². The van der Waals surface area contributed by atoms with Gasteiger partial charge in [0.05, 0.1) is 0 Å². The van der Waals surface area contributed by atoms with Crippen molar-refractivity contribution in [2.45, 2.75) is 52.6 Å². The summed E-state index contributed by atoms with van der Waals surface area (Å²) in [6.07, 6.45) is 3.07. The first-order chi connectivity index (χ1) is 9.80. The lowest BCUT2D eigenvalue weighted by Crippen LogP contribution is -2.46. The Kier molecular flexibility index (Phi) is 4.60. The molecule has 116 valence electrons. The molecular weight excluding hydrogens is 265 g/mol. The second-order valence-corrected chi connectivity index (χ2v) is 6.78. The quantitative estimate of drug-likeness (QED) is 0.752. The van der Waals surface area contributed by atoms with Crippen LogP contribution in [0.2, 0.25) is 0 Å². The number of allylic oxidation sites excluding steroid dienone is 1. The van der Waals surface area contributed by atoms with Gasteiger partial charge in [0.25, 0.3) is 0 Å². The summed E-state index contributed by atoms with van der Waals surface area (Å²) in [7, 11) is 0. The number of hydrogen-bond donors (Lipinski definition) is 0. The van der Waals surface area contributed by atoms with E-state index in [0.29, 0.717) is 11.5 Å². The minimum atomic E-state index is -0.192. The number of nitrogens with zero attached hydrogens (tertiary/aromatic N) is 1. The minimum Gasteiger partial charge on any atom is -0.474 e. The summed E-state index contributed by atoms with van der Waals surface area (Å²) in [5, 5.41) is 0. The lowest BCUT2D eigenvalue weighted by molar-refractivity contribution is -0.0209. The van der Waals surface area contributed by atoms with Gasteiger partial charge in [-0.1, -0.05) is 19.1 Å². The molecule has 0 unspecified atom stereocenters. The van der Waals surface area contributed by atoms with Crippen LogP contribution < -0.4 is 0 Å². The number of rotatable bonds is 4. The van der Waals surface area contributed by atoms with Crippen LogP contribution in [0.4, 0.5) is 4.39 Å². The molecule has 2 nitrogen and oxygen atoms in total. The van der Waals surface area contributed by atoms with E-state index in [1.54, 1.807) is 13.0 Å². The molecule has 0 aromatic heterocycles. The van der Waals surface area contributed by atoms with E-state index in [1.165, 1.54) is 0 Å². The smallest absolute Gasteiger partial charge is 0.185 e. The summed E-state index contributed by atoms with van der Waals surface area (Å²) in [6.45, 7) is 11.9. The third-order valence-corrected chi connectivity index (χ3v) is 3.65. The lowest BCUT2D eigenvalue weighted by Gasteiger charge is -2.43. The van der Waals surface area contributed by atoms with Crippen molar-refractivity contribution >= 4 is 0 Å². The van der Waals surface area contributed by atoms with Gasteiger partial charge in [0.1, 0.15) is 11.4 Å². The number of halogens is 1. The molecule has 0 radical (unpaired) electrons. The summed E-state index contributed by atoms with van der Waals surface area (Å²) in [4.78, 5) is 2.23. The van der Waals surface area contributed by atoms with Gasteiger partial charge >= 0.3 is 0 Å². The highest BCUT2D eigenvalue weighted by molar-refractivity contribution is 5.29. The van der Waals surface area contributed by atoms with Gasteiger partial charge in [0, 0.05) is 19.0 Å². The van der Waals surface area contributed by atoms with E-state index < -0.39 is 0 Å². The largest absolute Gasteiger partial charge is 0.474 e. The van der Waals surface area contributed by atoms with Crippen LogP contribution in [0.5, 0.6) is 0 Å². The Morgan fingerprint density at radius 2 is 2.05 bits per heavy atom. The van der Waals surface area contributed by atoms with E-state index in [0.717, 1.165) is 31.0 Å². The zero-order valence-corrected chi connectivity index (χ0v) is 13.7. The molecule has 0 aliphatic carbocycles. The molecule has 1 aromatic rings. The Morgan fingerprint density at radius 3 is 2.57 bits per heavy atom. The lowest BCUT2D eigenvalue weighted by atomic mass is 9.91. The monoisotopic (exact) mass is 291 g/mol. The van der Waals surface area contributed by atoms with Crippen molar-refractivity contribution in [2.75, 3.05) is 13.1 Å². The fourth-order valence-corrected chi connectivity index (χ4v) is 2.46. The average Bonchev–Trinajstić information content (AvgIpc) is 2.30.